The molecule has 3 N–H and O–H groups in total. The topological polar surface area (TPSA) is 83.4 Å². The van der Waals surface area contributed by atoms with Crippen LogP contribution in [0.1, 0.15) is 62.1 Å². The Bertz CT molecular complexity index is 847. The number of fused-ring (bicyclic) bond motifs is 4. The van der Waals surface area contributed by atoms with E-state index in [9.17, 15) is 9.59 Å². The van der Waals surface area contributed by atoms with E-state index in [4.69, 9.17) is 4.42 Å². The number of anilines is 1. The molecule has 132 valence electrons. The van der Waals surface area contributed by atoms with Gasteiger partial charge in [0.15, 0.2) is 5.76 Å². The van der Waals surface area contributed by atoms with Gasteiger partial charge >= 0.3 is 6.03 Å². The van der Waals surface area contributed by atoms with Crippen LogP contribution < -0.4 is 16.0 Å². The zero-order chi connectivity index (χ0) is 17.6. The summed E-state index contributed by atoms with van der Waals surface area (Å²) in [6.45, 7) is 3.83. The quantitative estimate of drug-likeness (QED) is 0.775. The highest BCUT2D eigenvalue weighted by molar-refractivity contribution is 6.02. The fourth-order valence-electron chi connectivity index (χ4n) is 4.09. The summed E-state index contributed by atoms with van der Waals surface area (Å²) in [6, 6.07) is 5.46. The molecule has 1 aliphatic carbocycles. The Balaban J connectivity index is 1.86. The van der Waals surface area contributed by atoms with Crippen molar-refractivity contribution in [3.8, 4) is 0 Å². The minimum Gasteiger partial charge on any atom is -0.450 e. The van der Waals surface area contributed by atoms with Crippen molar-refractivity contribution in [1.82, 2.24) is 10.6 Å². The minimum absolute atomic E-state index is 0.0419. The van der Waals surface area contributed by atoms with E-state index < -0.39 is 5.54 Å². The van der Waals surface area contributed by atoms with Crippen molar-refractivity contribution in [3.05, 3.63) is 29.5 Å². The summed E-state index contributed by atoms with van der Waals surface area (Å²) in [7, 11) is 0. The lowest BCUT2D eigenvalue weighted by atomic mass is 9.74. The van der Waals surface area contributed by atoms with Crippen LogP contribution in [0.25, 0.3) is 11.0 Å². The molecular formula is C19H23N3O3. The van der Waals surface area contributed by atoms with Crippen molar-refractivity contribution in [1.29, 1.82) is 0 Å². The Labute approximate surface area is 146 Å². The van der Waals surface area contributed by atoms with E-state index in [1.807, 2.05) is 26.0 Å². The lowest BCUT2D eigenvalue weighted by Gasteiger charge is -2.42. The molecule has 2 heterocycles. The zero-order valence-electron chi connectivity index (χ0n) is 14.6. The van der Waals surface area contributed by atoms with Crippen molar-refractivity contribution < 1.29 is 14.0 Å². The number of carbonyl (C=O) groups excluding carboxylic acids is 2. The second-order valence-electron chi connectivity index (χ2n) is 7.37. The third kappa shape index (κ3) is 2.65. The molecule has 1 aliphatic heterocycles. The van der Waals surface area contributed by atoms with Crippen LogP contribution in [0.3, 0.4) is 0 Å². The summed E-state index contributed by atoms with van der Waals surface area (Å²) in [5.41, 5.74) is 2.05. The first-order chi connectivity index (χ1) is 12.0. The smallest absolute Gasteiger partial charge is 0.319 e. The molecule has 1 aromatic heterocycles. The second kappa shape index (κ2) is 5.79. The summed E-state index contributed by atoms with van der Waals surface area (Å²) in [4.78, 5) is 24.5. The third-order valence-corrected chi connectivity index (χ3v) is 5.12. The predicted octanol–water partition coefficient (Wildman–Crippen LogP) is 3.87. The number of benzene rings is 1. The molecule has 2 aliphatic rings. The maximum absolute atomic E-state index is 12.3. The van der Waals surface area contributed by atoms with Crippen molar-refractivity contribution >= 4 is 28.6 Å². The Morgan fingerprint density at radius 1 is 1.24 bits per heavy atom. The Morgan fingerprint density at radius 2 is 2.00 bits per heavy atom. The molecule has 1 saturated carbocycles. The van der Waals surface area contributed by atoms with Gasteiger partial charge in [0.1, 0.15) is 5.58 Å². The van der Waals surface area contributed by atoms with Gasteiger partial charge in [0.2, 0.25) is 0 Å². The van der Waals surface area contributed by atoms with E-state index in [0.29, 0.717) is 11.3 Å². The van der Waals surface area contributed by atoms with Crippen LogP contribution in [0, 0.1) is 0 Å². The van der Waals surface area contributed by atoms with E-state index in [1.165, 1.54) is 6.42 Å². The average Bonchev–Trinajstić information content (AvgIpc) is 2.98. The van der Waals surface area contributed by atoms with Crippen molar-refractivity contribution in [2.75, 3.05) is 5.32 Å². The third-order valence-electron chi connectivity index (χ3n) is 5.12. The number of urea groups is 1. The second-order valence-corrected chi connectivity index (χ2v) is 7.37. The maximum Gasteiger partial charge on any atom is 0.319 e. The number of rotatable bonds is 2. The van der Waals surface area contributed by atoms with Gasteiger partial charge in [-0.3, -0.25) is 4.79 Å². The first-order valence-corrected chi connectivity index (χ1v) is 8.96. The van der Waals surface area contributed by atoms with Crippen molar-refractivity contribution in [2.45, 2.75) is 57.5 Å². The summed E-state index contributed by atoms with van der Waals surface area (Å²) in [5.74, 6) is 0.0883. The molecule has 0 bridgehead atoms. The largest absolute Gasteiger partial charge is 0.450 e. The average molecular weight is 341 g/mol. The lowest BCUT2D eigenvalue weighted by molar-refractivity contribution is 0.0917. The molecule has 6 nitrogen and oxygen atoms in total. The number of furan rings is 1. The fourth-order valence-corrected chi connectivity index (χ4v) is 4.09. The van der Waals surface area contributed by atoms with Crippen LogP contribution in [-0.2, 0) is 5.54 Å². The number of carbonyl (C=O) groups is 2. The van der Waals surface area contributed by atoms with Crippen LogP contribution >= 0.6 is 0 Å². The number of hydrogen-bond donors (Lipinski definition) is 3. The zero-order valence-corrected chi connectivity index (χ0v) is 14.6. The molecule has 0 saturated heterocycles. The standard InChI is InChI=1S/C19H23N3O3/c1-11(2)20-17(23)14-10-12-6-7-13-15(16(12)25-14)19(22-18(24)21-13)8-4-3-5-9-19/h6-7,10-11H,3-5,8-9H2,1-2H3,(H,20,23)(H2,21,22,24). The van der Waals surface area contributed by atoms with E-state index >= 15 is 0 Å². The van der Waals surface area contributed by atoms with Crippen molar-refractivity contribution in [3.63, 3.8) is 0 Å². The maximum atomic E-state index is 12.3. The molecule has 0 radical (unpaired) electrons. The number of hydrogen-bond acceptors (Lipinski definition) is 3. The minimum atomic E-state index is -0.404. The highest BCUT2D eigenvalue weighted by Gasteiger charge is 2.42. The van der Waals surface area contributed by atoms with E-state index in [-0.39, 0.29) is 18.0 Å². The van der Waals surface area contributed by atoms with Crippen LogP contribution in [-0.4, -0.2) is 18.0 Å². The lowest BCUT2D eigenvalue weighted by Crippen LogP contribution is -2.52. The predicted molar refractivity (Wildman–Crippen MR) is 95.7 cm³/mol. The summed E-state index contributed by atoms with van der Waals surface area (Å²) in [6.07, 6.45) is 5.09. The van der Waals surface area contributed by atoms with Gasteiger partial charge in [0.05, 0.1) is 11.2 Å². The number of nitrogens with one attached hydrogen (secondary N) is 3. The summed E-state index contributed by atoms with van der Waals surface area (Å²) >= 11 is 0. The first kappa shape index (κ1) is 16.0. The van der Waals surface area contributed by atoms with Gasteiger partial charge in [-0.25, -0.2) is 4.79 Å². The van der Waals surface area contributed by atoms with Crippen LogP contribution in [0.2, 0.25) is 0 Å². The van der Waals surface area contributed by atoms with E-state index in [2.05, 4.69) is 16.0 Å². The molecule has 6 heteroatoms. The Kier molecular flexibility index (Phi) is 3.71. The summed E-state index contributed by atoms with van der Waals surface area (Å²) < 4.78 is 5.99. The normalized spacial score (nSPS) is 18.8. The monoisotopic (exact) mass is 341 g/mol. The highest BCUT2D eigenvalue weighted by atomic mass is 16.3. The highest BCUT2D eigenvalue weighted by Crippen LogP contribution is 2.46. The molecule has 25 heavy (non-hydrogen) atoms. The van der Waals surface area contributed by atoms with Gasteiger partial charge in [-0.2, -0.15) is 0 Å². The molecule has 1 aromatic carbocycles. The molecule has 0 atom stereocenters. The molecule has 3 amide bonds. The molecule has 2 aromatic rings. The molecule has 0 unspecified atom stereocenters. The van der Waals surface area contributed by atoms with Gasteiger partial charge in [-0.15, -0.1) is 0 Å². The molecular weight excluding hydrogens is 318 g/mol. The van der Waals surface area contributed by atoms with E-state index in [1.54, 1.807) is 6.07 Å². The Morgan fingerprint density at radius 3 is 2.72 bits per heavy atom. The number of amides is 3. The molecule has 1 spiro atoms. The van der Waals surface area contributed by atoms with Crippen LogP contribution in [0.5, 0.6) is 0 Å². The molecule has 4 rings (SSSR count). The van der Waals surface area contributed by atoms with Crippen molar-refractivity contribution in [2.24, 2.45) is 0 Å². The van der Waals surface area contributed by atoms with Gasteiger partial charge in [0, 0.05) is 17.0 Å². The fraction of sp³-hybridized carbons (Fsp3) is 0.474. The van der Waals surface area contributed by atoms with Gasteiger partial charge in [-0.1, -0.05) is 19.3 Å². The van der Waals surface area contributed by atoms with Gasteiger partial charge in [-0.05, 0) is 44.9 Å². The van der Waals surface area contributed by atoms with Gasteiger partial charge in [0.25, 0.3) is 5.91 Å². The first-order valence-electron chi connectivity index (χ1n) is 8.96. The molecule has 1 fully saturated rings. The van der Waals surface area contributed by atoms with E-state index in [0.717, 1.165) is 42.3 Å². The Hall–Kier alpha value is -2.50. The van der Waals surface area contributed by atoms with Crippen LogP contribution in [0.15, 0.2) is 22.6 Å². The SMILES string of the molecule is CC(C)NC(=O)c1cc2ccc3c(c2o1)C1(CCCCC1)NC(=O)N3. The van der Waals surface area contributed by atoms with Crippen LogP contribution in [0.4, 0.5) is 10.5 Å². The van der Waals surface area contributed by atoms with Gasteiger partial charge < -0.3 is 20.4 Å². The summed E-state index contributed by atoms with van der Waals surface area (Å²) in [5, 5.41) is 9.77.